The van der Waals surface area contributed by atoms with Crippen LogP contribution < -0.4 is 0 Å². The van der Waals surface area contributed by atoms with Crippen LogP contribution in [0.5, 0.6) is 0 Å². The third-order valence-electron chi connectivity index (χ3n) is 2.60. The van der Waals surface area contributed by atoms with Gasteiger partial charge in [0.2, 0.25) is 0 Å². The van der Waals surface area contributed by atoms with Gasteiger partial charge in [-0.05, 0) is 31.6 Å². The SMILES string of the molecule is CCCn1nccc1/C=C/c1nc(C(=O)O)c(C)s1. The summed E-state index contributed by atoms with van der Waals surface area (Å²) in [5, 5.41) is 13.9. The molecule has 0 amide bonds. The summed E-state index contributed by atoms with van der Waals surface area (Å²) >= 11 is 1.38. The van der Waals surface area contributed by atoms with E-state index in [1.807, 2.05) is 22.9 Å². The number of thiazole rings is 1. The average molecular weight is 277 g/mol. The maximum atomic E-state index is 10.9. The number of aryl methyl sites for hydroxylation is 2. The van der Waals surface area contributed by atoms with Crippen molar-refractivity contribution >= 4 is 29.5 Å². The number of nitrogens with zero attached hydrogens (tertiary/aromatic N) is 3. The van der Waals surface area contributed by atoms with Gasteiger partial charge in [-0.25, -0.2) is 9.78 Å². The van der Waals surface area contributed by atoms with Gasteiger partial charge in [0.15, 0.2) is 5.69 Å². The molecule has 2 heterocycles. The highest BCUT2D eigenvalue weighted by Gasteiger charge is 2.12. The maximum Gasteiger partial charge on any atom is 0.355 e. The lowest BCUT2D eigenvalue weighted by Gasteiger charge is -2.00. The van der Waals surface area contributed by atoms with E-state index in [4.69, 9.17) is 5.11 Å². The molecule has 2 aromatic heterocycles. The van der Waals surface area contributed by atoms with Gasteiger partial charge >= 0.3 is 5.97 Å². The summed E-state index contributed by atoms with van der Waals surface area (Å²) in [5.74, 6) is -0.982. The number of carboxylic acids is 1. The summed E-state index contributed by atoms with van der Waals surface area (Å²) in [6, 6.07) is 1.92. The third kappa shape index (κ3) is 3.08. The van der Waals surface area contributed by atoms with Crippen LogP contribution >= 0.6 is 11.3 Å². The molecule has 2 aromatic rings. The predicted molar refractivity (Wildman–Crippen MR) is 75.3 cm³/mol. The largest absolute Gasteiger partial charge is 0.476 e. The zero-order valence-corrected chi connectivity index (χ0v) is 11.6. The lowest BCUT2D eigenvalue weighted by atomic mass is 10.3. The standard InChI is InChI=1S/C13H15N3O2S/c1-3-8-16-10(6-7-14-16)4-5-11-15-12(13(17)18)9(2)19-11/h4-7H,3,8H2,1-2H3,(H,17,18)/b5-4+. The van der Waals surface area contributed by atoms with Gasteiger partial charge in [-0.15, -0.1) is 11.3 Å². The number of carboxylic acid groups (broad SMARTS) is 1. The summed E-state index contributed by atoms with van der Waals surface area (Å²) in [5.41, 5.74) is 1.12. The summed E-state index contributed by atoms with van der Waals surface area (Å²) in [6.07, 6.45) is 6.51. The van der Waals surface area contributed by atoms with E-state index in [2.05, 4.69) is 17.0 Å². The molecule has 0 unspecified atom stereocenters. The number of hydrogen-bond acceptors (Lipinski definition) is 4. The van der Waals surface area contributed by atoms with Crippen molar-refractivity contribution < 1.29 is 9.90 Å². The first-order valence-electron chi connectivity index (χ1n) is 6.02. The molecule has 0 saturated heterocycles. The second kappa shape index (κ2) is 5.79. The fourth-order valence-corrected chi connectivity index (χ4v) is 2.54. The van der Waals surface area contributed by atoms with Gasteiger partial charge in [-0.3, -0.25) is 4.68 Å². The molecule has 0 saturated carbocycles. The average Bonchev–Trinajstić information content (AvgIpc) is 2.94. The molecule has 0 aliphatic rings. The van der Waals surface area contributed by atoms with Gasteiger partial charge in [0, 0.05) is 17.6 Å². The molecule has 0 aliphatic heterocycles. The Labute approximate surface area is 115 Å². The molecule has 0 bridgehead atoms. The molecule has 2 rings (SSSR count). The second-order valence-corrected chi connectivity index (χ2v) is 5.31. The first-order valence-corrected chi connectivity index (χ1v) is 6.84. The van der Waals surface area contributed by atoms with Crippen molar-refractivity contribution in [2.24, 2.45) is 0 Å². The third-order valence-corrected chi connectivity index (χ3v) is 3.53. The van der Waals surface area contributed by atoms with Crippen LogP contribution in [0.25, 0.3) is 12.2 Å². The monoisotopic (exact) mass is 277 g/mol. The van der Waals surface area contributed by atoms with Gasteiger partial charge in [-0.1, -0.05) is 6.92 Å². The lowest BCUT2D eigenvalue weighted by Crippen LogP contribution is -2.00. The van der Waals surface area contributed by atoms with Gasteiger partial charge < -0.3 is 5.11 Å². The van der Waals surface area contributed by atoms with Crippen molar-refractivity contribution in [2.45, 2.75) is 26.8 Å². The van der Waals surface area contributed by atoms with Crippen LogP contribution in [-0.2, 0) is 6.54 Å². The van der Waals surface area contributed by atoms with E-state index < -0.39 is 5.97 Å². The molecule has 19 heavy (non-hydrogen) atoms. The molecule has 0 atom stereocenters. The minimum Gasteiger partial charge on any atom is -0.476 e. The minimum absolute atomic E-state index is 0.131. The van der Waals surface area contributed by atoms with Gasteiger partial charge in [0.1, 0.15) is 5.01 Å². The molecule has 6 heteroatoms. The van der Waals surface area contributed by atoms with E-state index in [1.54, 1.807) is 13.1 Å². The van der Waals surface area contributed by atoms with Crippen LogP contribution in [0.1, 0.15) is 39.4 Å². The smallest absolute Gasteiger partial charge is 0.355 e. The molecular formula is C13H15N3O2S. The molecule has 0 fully saturated rings. The van der Waals surface area contributed by atoms with E-state index in [-0.39, 0.29) is 5.69 Å². The molecule has 5 nitrogen and oxygen atoms in total. The van der Waals surface area contributed by atoms with Gasteiger partial charge in [0.05, 0.1) is 5.69 Å². The molecule has 0 spiro atoms. The van der Waals surface area contributed by atoms with E-state index in [1.165, 1.54) is 11.3 Å². The zero-order chi connectivity index (χ0) is 13.8. The summed E-state index contributed by atoms with van der Waals surface area (Å²) in [4.78, 5) is 15.7. The first-order chi connectivity index (χ1) is 9.11. The molecule has 0 aromatic carbocycles. The fraction of sp³-hybridized carbons (Fsp3) is 0.308. The van der Waals surface area contributed by atoms with E-state index in [0.29, 0.717) is 9.88 Å². The minimum atomic E-state index is -0.982. The molecule has 100 valence electrons. The molecule has 0 radical (unpaired) electrons. The van der Waals surface area contributed by atoms with Crippen molar-refractivity contribution in [1.29, 1.82) is 0 Å². The van der Waals surface area contributed by atoms with Crippen molar-refractivity contribution in [1.82, 2.24) is 14.8 Å². The van der Waals surface area contributed by atoms with Crippen molar-refractivity contribution in [2.75, 3.05) is 0 Å². The van der Waals surface area contributed by atoms with Crippen LogP contribution in [0.3, 0.4) is 0 Å². The Balaban J connectivity index is 2.20. The highest BCUT2D eigenvalue weighted by molar-refractivity contribution is 7.12. The Morgan fingerprint density at radius 2 is 2.32 bits per heavy atom. The first kappa shape index (κ1) is 13.5. The summed E-state index contributed by atoms with van der Waals surface area (Å²) < 4.78 is 1.91. The van der Waals surface area contributed by atoms with E-state index in [9.17, 15) is 4.79 Å². The van der Waals surface area contributed by atoms with Crippen LogP contribution in [0.4, 0.5) is 0 Å². The van der Waals surface area contributed by atoms with E-state index in [0.717, 1.165) is 18.7 Å². The number of aromatic nitrogens is 3. The Morgan fingerprint density at radius 3 is 2.95 bits per heavy atom. The fourth-order valence-electron chi connectivity index (χ4n) is 1.73. The van der Waals surface area contributed by atoms with Crippen LogP contribution in [0.15, 0.2) is 12.3 Å². The van der Waals surface area contributed by atoms with Crippen LogP contribution in [0, 0.1) is 6.92 Å². The second-order valence-electron chi connectivity index (χ2n) is 4.07. The number of rotatable bonds is 5. The summed E-state index contributed by atoms with van der Waals surface area (Å²) in [7, 11) is 0. The quantitative estimate of drug-likeness (QED) is 0.912. The molecular weight excluding hydrogens is 262 g/mol. The molecule has 0 aliphatic carbocycles. The zero-order valence-electron chi connectivity index (χ0n) is 10.8. The molecule has 1 N–H and O–H groups in total. The Bertz CT molecular complexity index is 613. The normalized spacial score (nSPS) is 11.3. The highest BCUT2D eigenvalue weighted by Crippen LogP contribution is 2.19. The Kier molecular flexibility index (Phi) is 4.11. The maximum absolute atomic E-state index is 10.9. The Hall–Kier alpha value is -1.95. The highest BCUT2D eigenvalue weighted by atomic mass is 32.1. The lowest BCUT2D eigenvalue weighted by molar-refractivity contribution is 0.0690. The summed E-state index contributed by atoms with van der Waals surface area (Å²) in [6.45, 7) is 4.72. The number of carbonyl (C=O) groups is 1. The van der Waals surface area contributed by atoms with Crippen molar-refractivity contribution in [3.63, 3.8) is 0 Å². The van der Waals surface area contributed by atoms with Crippen molar-refractivity contribution in [3.8, 4) is 0 Å². The van der Waals surface area contributed by atoms with Crippen LogP contribution in [0.2, 0.25) is 0 Å². The number of hydrogen-bond donors (Lipinski definition) is 1. The van der Waals surface area contributed by atoms with Crippen molar-refractivity contribution in [3.05, 3.63) is 33.5 Å². The number of aromatic carboxylic acids is 1. The van der Waals surface area contributed by atoms with Crippen LogP contribution in [-0.4, -0.2) is 25.8 Å². The van der Waals surface area contributed by atoms with E-state index >= 15 is 0 Å². The van der Waals surface area contributed by atoms with Gasteiger partial charge in [-0.2, -0.15) is 5.10 Å². The Morgan fingerprint density at radius 1 is 1.53 bits per heavy atom. The van der Waals surface area contributed by atoms with Gasteiger partial charge in [0.25, 0.3) is 0 Å². The predicted octanol–water partition coefficient (Wildman–Crippen LogP) is 2.93. The topological polar surface area (TPSA) is 68.0 Å².